The van der Waals surface area contributed by atoms with Crippen LogP contribution in [0.15, 0.2) is 0 Å². The van der Waals surface area contributed by atoms with Crippen LogP contribution in [0.5, 0.6) is 0 Å². The zero-order chi connectivity index (χ0) is 16.0. The van der Waals surface area contributed by atoms with Crippen molar-refractivity contribution in [2.75, 3.05) is 23.4 Å². The second-order valence-electron chi connectivity index (χ2n) is 5.93. The molecule has 1 heterocycles. The van der Waals surface area contributed by atoms with E-state index >= 15 is 0 Å². The Morgan fingerprint density at radius 1 is 1.29 bits per heavy atom. The number of nitrogens with one attached hydrogen (secondary N) is 1. The molecule has 0 atom stereocenters. The normalized spacial score (nSPS) is 10.8. The molecule has 21 heavy (non-hydrogen) atoms. The summed E-state index contributed by atoms with van der Waals surface area (Å²) in [5.74, 6) is 8.55. The van der Waals surface area contributed by atoms with Crippen LogP contribution in [0, 0.1) is 24.2 Å². The monoisotopic (exact) mass is 290 g/mol. The van der Waals surface area contributed by atoms with Crippen molar-refractivity contribution in [3.05, 3.63) is 11.4 Å². The van der Waals surface area contributed by atoms with Gasteiger partial charge in [-0.1, -0.05) is 27.7 Å². The van der Waals surface area contributed by atoms with Gasteiger partial charge in [-0.2, -0.15) is 5.26 Å². The van der Waals surface area contributed by atoms with Crippen LogP contribution in [-0.2, 0) is 0 Å². The maximum atomic E-state index is 8.87. The summed E-state index contributed by atoms with van der Waals surface area (Å²) in [6.45, 7) is 11.9. The van der Waals surface area contributed by atoms with Gasteiger partial charge in [-0.05, 0) is 12.8 Å². The van der Waals surface area contributed by atoms with Crippen molar-refractivity contribution in [2.24, 2.45) is 11.8 Å². The third kappa shape index (κ3) is 4.57. The van der Waals surface area contributed by atoms with Gasteiger partial charge in [-0.3, -0.25) is 0 Å². The predicted molar refractivity (Wildman–Crippen MR) is 85.9 cm³/mol. The molecule has 0 aliphatic heterocycles. The van der Waals surface area contributed by atoms with Crippen molar-refractivity contribution in [3.63, 3.8) is 0 Å². The summed E-state index contributed by atoms with van der Waals surface area (Å²) < 4.78 is 0. The Morgan fingerprint density at radius 2 is 1.95 bits per heavy atom. The van der Waals surface area contributed by atoms with Crippen molar-refractivity contribution in [1.82, 2.24) is 9.97 Å². The first-order valence-electron chi connectivity index (χ1n) is 7.37. The highest BCUT2D eigenvalue weighted by molar-refractivity contribution is 5.58. The number of nitriles is 1. The Bertz CT molecular complexity index is 504. The van der Waals surface area contributed by atoms with E-state index in [0.29, 0.717) is 24.7 Å². The molecule has 0 saturated heterocycles. The van der Waals surface area contributed by atoms with Crippen LogP contribution >= 0.6 is 0 Å². The summed E-state index contributed by atoms with van der Waals surface area (Å²) >= 11 is 0. The van der Waals surface area contributed by atoms with Crippen molar-refractivity contribution in [3.8, 4) is 6.07 Å². The van der Waals surface area contributed by atoms with E-state index in [1.165, 1.54) is 0 Å². The van der Waals surface area contributed by atoms with E-state index in [9.17, 15) is 0 Å². The molecule has 1 rings (SSSR count). The molecule has 0 aromatic carbocycles. The number of anilines is 2. The number of hydrazine groups is 1. The fraction of sp³-hybridized carbons (Fsp3) is 0.667. The average molecular weight is 290 g/mol. The molecule has 1 aromatic rings. The Morgan fingerprint density at radius 3 is 2.43 bits per heavy atom. The molecule has 0 aliphatic carbocycles. The summed E-state index contributed by atoms with van der Waals surface area (Å²) in [5.41, 5.74) is 3.57. The lowest BCUT2D eigenvalue weighted by molar-refractivity contribution is 0.603. The van der Waals surface area contributed by atoms with E-state index in [-0.39, 0.29) is 5.92 Å². The van der Waals surface area contributed by atoms with Crippen LogP contribution in [0.4, 0.5) is 11.6 Å². The third-order valence-electron chi connectivity index (χ3n) is 3.17. The summed E-state index contributed by atoms with van der Waals surface area (Å²) in [6.07, 6.45) is 0.471. The Labute approximate surface area is 127 Å². The van der Waals surface area contributed by atoms with Gasteiger partial charge in [0.1, 0.15) is 17.5 Å². The van der Waals surface area contributed by atoms with Crippen LogP contribution in [-0.4, -0.2) is 23.1 Å². The SMILES string of the molecule is Cc1c(NN)nc(C(C)C)nc1N(CCC#N)CC(C)C. The van der Waals surface area contributed by atoms with Crippen LogP contribution < -0.4 is 16.2 Å². The molecule has 0 spiro atoms. The quantitative estimate of drug-likeness (QED) is 0.592. The molecule has 0 saturated carbocycles. The van der Waals surface area contributed by atoms with Crippen LogP contribution in [0.25, 0.3) is 0 Å². The van der Waals surface area contributed by atoms with E-state index in [1.54, 1.807) is 0 Å². The molecule has 6 heteroatoms. The number of hydrogen-bond acceptors (Lipinski definition) is 6. The highest BCUT2D eigenvalue weighted by Crippen LogP contribution is 2.26. The summed E-state index contributed by atoms with van der Waals surface area (Å²) in [4.78, 5) is 11.3. The minimum absolute atomic E-state index is 0.216. The average Bonchev–Trinajstić information content (AvgIpc) is 2.43. The lowest BCUT2D eigenvalue weighted by Crippen LogP contribution is -2.31. The fourth-order valence-electron chi connectivity index (χ4n) is 2.14. The number of nitrogens with zero attached hydrogens (tertiary/aromatic N) is 4. The topological polar surface area (TPSA) is 90.9 Å². The number of nitrogens with two attached hydrogens (primary N) is 1. The largest absolute Gasteiger partial charge is 0.355 e. The van der Waals surface area contributed by atoms with E-state index in [4.69, 9.17) is 16.1 Å². The number of aromatic nitrogens is 2. The maximum Gasteiger partial charge on any atom is 0.148 e. The van der Waals surface area contributed by atoms with Gasteiger partial charge in [0, 0.05) is 24.6 Å². The van der Waals surface area contributed by atoms with Gasteiger partial charge >= 0.3 is 0 Å². The van der Waals surface area contributed by atoms with Gasteiger partial charge < -0.3 is 10.3 Å². The molecule has 3 N–H and O–H groups in total. The van der Waals surface area contributed by atoms with E-state index in [1.807, 2.05) is 6.92 Å². The molecule has 0 radical (unpaired) electrons. The number of nitrogen functional groups attached to an aromatic ring is 1. The zero-order valence-electron chi connectivity index (χ0n) is 13.6. The summed E-state index contributed by atoms with van der Waals surface area (Å²) in [7, 11) is 0. The van der Waals surface area contributed by atoms with Crippen molar-refractivity contribution < 1.29 is 0 Å². The molecule has 0 amide bonds. The van der Waals surface area contributed by atoms with E-state index in [0.717, 1.165) is 23.8 Å². The van der Waals surface area contributed by atoms with E-state index in [2.05, 4.69) is 49.1 Å². The molecule has 0 unspecified atom stereocenters. The maximum absolute atomic E-state index is 8.87. The summed E-state index contributed by atoms with van der Waals surface area (Å²) in [6, 6.07) is 2.20. The lowest BCUT2D eigenvalue weighted by atomic mass is 10.1. The minimum atomic E-state index is 0.216. The van der Waals surface area contributed by atoms with Gasteiger partial charge in [0.05, 0.1) is 12.5 Å². The van der Waals surface area contributed by atoms with E-state index < -0.39 is 0 Å². The molecule has 0 fully saturated rings. The van der Waals surface area contributed by atoms with Gasteiger partial charge in [-0.15, -0.1) is 0 Å². The second-order valence-corrected chi connectivity index (χ2v) is 5.93. The Balaban J connectivity index is 3.27. The molecular weight excluding hydrogens is 264 g/mol. The summed E-state index contributed by atoms with van der Waals surface area (Å²) in [5, 5.41) is 8.87. The van der Waals surface area contributed by atoms with Gasteiger partial charge in [0.25, 0.3) is 0 Å². The van der Waals surface area contributed by atoms with Gasteiger partial charge in [0.15, 0.2) is 0 Å². The third-order valence-corrected chi connectivity index (χ3v) is 3.17. The standard InChI is InChI=1S/C15H26N6/c1-10(2)9-21(8-6-7-16)15-12(5)14(20-17)18-13(19-15)11(3)4/h10-11H,6,8-9,17H2,1-5H3,(H,18,19,20). The fourth-order valence-corrected chi connectivity index (χ4v) is 2.14. The number of rotatable bonds is 7. The number of hydrogen-bond donors (Lipinski definition) is 2. The highest BCUT2D eigenvalue weighted by Gasteiger charge is 2.18. The second kappa shape index (κ2) is 7.79. The van der Waals surface area contributed by atoms with Gasteiger partial charge in [0.2, 0.25) is 0 Å². The lowest BCUT2D eigenvalue weighted by Gasteiger charge is -2.27. The predicted octanol–water partition coefficient (Wildman–Crippen LogP) is 2.57. The molecule has 0 aliphatic rings. The first-order valence-corrected chi connectivity index (χ1v) is 7.37. The minimum Gasteiger partial charge on any atom is -0.355 e. The van der Waals surface area contributed by atoms with Crippen LogP contribution in [0.2, 0.25) is 0 Å². The van der Waals surface area contributed by atoms with Crippen molar-refractivity contribution in [1.29, 1.82) is 5.26 Å². The molecule has 6 nitrogen and oxygen atoms in total. The molecule has 116 valence electrons. The van der Waals surface area contributed by atoms with Gasteiger partial charge in [-0.25, -0.2) is 15.8 Å². The molecular formula is C15H26N6. The van der Waals surface area contributed by atoms with Crippen molar-refractivity contribution in [2.45, 2.75) is 47.0 Å². The first-order chi connectivity index (χ1) is 9.90. The first kappa shape index (κ1) is 17.2. The molecule has 0 bridgehead atoms. The zero-order valence-corrected chi connectivity index (χ0v) is 13.6. The van der Waals surface area contributed by atoms with Crippen LogP contribution in [0.3, 0.4) is 0 Å². The highest BCUT2D eigenvalue weighted by atomic mass is 15.3. The van der Waals surface area contributed by atoms with Crippen LogP contribution in [0.1, 0.15) is 51.4 Å². The Kier molecular flexibility index (Phi) is 6.38. The van der Waals surface area contributed by atoms with Crippen molar-refractivity contribution >= 4 is 11.6 Å². The molecule has 1 aromatic heterocycles. The Hall–Kier alpha value is -1.87. The smallest absolute Gasteiger partial charge is 0.148 e.